The Morgan fingerprint density at radius 3 is 3.18 bits per heavy atom. The van der Waals surface area contributed by atoms with Crippen LogP contribution in [0.4, 0.5) is 0 Å². The van der Waals surface area contributed by atoms with Crippen molar-refractivity contribution < 1.29 is 4.79 Å². The van der Waals surface area contributed by atoms with Gasteiger partial charge < -0.3 is 9.88 Å². The molecule has 112 valence electrons. The maximum atomic E-state index is 12.4. The summed E-state index contributed by atoms with van der Waals surface area (Å²) in [5.74, 6) is 0.613. The fourth-order valence-electron chi connectivity index (χ4n) is 2.68. The number of rotatable bonds is 3. The summed E-state index contributed by atoms with van der Waals surface area (Å²) in [6, 6.07) is 10.0. The van der Waals surface area contributed by atoms with E-state index in [1.807, 2.05) is 29.2 Å². The summed E-state index contributed by atoms with van der Waals surface area (Å²) >= 11 is 3.27. The third-order valence-electron chi connectivity index (χ3n) is 3.86. The van der Waals surface area contributed by atoms with E-state index in [0.717, 1.165) is 35.7 Å². The summed E-state index contributed by atoms with van der Waals surface area (Å²) in [5.41, 5.74) is 3.26. The topological polar surface area (TPSA) is 49.0 Å². The number of para-hydroxylation sites is 2. The molecular weight excluding hydrogens is 314 g/mol. The van der Waals surface area contributed by atoms with Gasteiger partial charge in [0.25, 0.3) is 0 Å². The van der Waals surface area contributed by atoms with Crippen molar-refractivity contribution in [2.45, 2.75) is 18.1 Å². The van der Waals surface area contributed by atoms with Crippen LogP contribution in [0.3, 0.4) is 0 Å². The molecule has 6 heteroatoms. The molecule has 0 saturated heterocycles. The van der Waals surface area contributed by atoms with Crippen LogP contribution in [0.15, 0.2) is 40.9 Å². The predicted molar refractivity (Wildman–Crippen MR) is 90.3 cm³/mol. The average molecular weight is 329 g/mol. The molecule has 2 aromatic heterocycles. The molecule has 1 aliphatic rings. The van der Waals surface area contributed by atoms with E-state index in [1.165, 1.54) is 22.2 Å². The Hall–Kier alpha value is -1.79. The monoisotopic (exact) mass is 329 g/mol. The lowest BCUT2D eigenvalue weighted by molar-refractivity contribution is -0.129. The minimum atomic E-state index is 0.183. The second kappa shape index (κ2) is 5.78. The largest absolute Gasteiger partial charge is 0.337 e. The number of nitrogens with one attached hydrogen (secondary N) is 1. The number of aromatic amines is 1. The van der Waals surface area contributed by atoms with Crippen LogP contribution >= 0.6 is 23.1 Å². The number of carbonyl (C=O) groups excluding carboxylic acids is 1. The Labute approximate surface area is 136 Å². The second-order valence-electron chi connectivity index (χ2n) is 5.28. The van der Waals surface area contributed by atoms with Crippen LogP contribution in [0.1, 0.15) is 10.4 Å². The number of hydrogen-bond donors (Lipinski definition) is 1. The highest BCUT2D eigenvalue weighted by atomic mass is 32.2. The summed E-state index contributed by atoms with van der Waals surface area (Å²) in [4.78, 5) is 23.5. The number of hydrogen-bond acceptors (Lipinski definition) is 4. The molecule has 22 heavy (non-hydrogen) atoms. The van der Waals surface area contributed by atoms with Crippen molar-refractivity contribution >= 4 is 40.0 Å². The predicted octanol–water partition coefficient (Wildman–Crippen LogP) is 3.30. The Morgan fingerprint density at radius 1 is 1.36 bits per heavy atom. The van der Waals surface area contributed by atoms with Crippen LogP contribution in [0.25, 0.3) is 11.0 Å². The number of thioether (sulfide) groups is 1. The highest BCUT2D eigenvalue weighted by Crippen LogP contribution is 2.25. The fourth-order valence-corrected chi connectivity index (χ4v) is 4.36. The van der Waals surface area contributed by atoms with E-state index >= 15 is 0 Å². The molecular formula is C16H15N3OS2. The first kappa shape index (κ1) is 13.8. The molecule has 0 atom stereocenters. The molecule has 0 fully saturated rings. The van der Waals surface area contributed by atoms with Crippen molar-refractivity contribution in [3.8, 4) is 0 Å². The number of fused-ring (bicyclic) bond motifs is 2. The van der Waals surface area contributed by atoms with E-state index in [9.17, 15) is 4.79 Å². The highest BCUT2D eigenvalue weighted by Gasteiger charge is 2.21. The summed E-state index contributed by atoms with van der Waals surface area (Å²) in [6.07, 6.45) is 0.980. The first-order valence-electron chi connectivity index (χ1n) is 7.20. The number of imidazole rings is 1. The second-order valence-corrected chi connectivity index (χ2v) is 7.25. The lowest BCUT2D eigenvalue weighted by atomic mass is 10.1. The van der Waals surface area contributed by atoms with Crippen molar-refractivity contribution in [2.24, 2.45) is 0 Å². The molecule has 0 spiro atoms. The molecule has 3 heterocycles. The zero-order valence-electron chi connectivity index (χ0n) is 11.9. The van der Waals surface area contributed by atoms with Gasteiger partial charge in [-0.15, -0.1) is 11.3 Å². The standard InChI is InChI=1S/C16H15N3OS2/c20-15(19-7-5-14-11(9-19)6-8-21-14)10-22-16-17-12-3-1-2-4-13(12)18-16/h1-4,6,8H,5,7,9-10H2,(H,17,18). The van der Waals surface area contributed by atoms with Gasteiger partial charge in [0.1, 0.15) is 0 Å². The highest BCUT2D eigenvalue weighted by molar-refractivity contribution is 7.99. The number of amides is 1. The van der Waals surface area contributed by atoms with Gasteiger partial charge in [0.15, 0.2) is 5.16 Å². The molecule has 4 rings (SSSR count). The third-order valence-corrected chi connectivity index (χ3v) is 5.74. The smallest absolute Gasteiger partial charge is 0.233 e. The molecule has 1 aromatic carbocycles. The Balaban J connectivity index is 1.40. The van der Waals surface area contributed by atoms with Crippen molar-refractivity contribution in [3.05, 3.63) is 46.2 Å². The molecule has 0 radical (unpaired) electrons. The van der Waals surface area contributed by atoms with Crippen molar-refractivity contribution in [1.82, 2.24) is 14.9 Å². The lowest BCUT2D eigenvalue weighted by Gasteiger charge is -2.26. The van der Waals surface area contributed by atoms with Gasteiger partial charge in [0.2, 0.25) is 5.91 Å². The molecule has 4 nitrogen and oxygen atoms in total. The summed E-state index contributed by atoms with van der Waals surface area (Å²) in [7, 11) is 0. The zero-order valence-corrected chi connectivity index (χ0v) is 13.5. The maximum Gasteiger partial charge on any atom is 0.233 e. The number of H-pyrrole nitrogens is 1. The van der Waals surface area contributed by atoms with E-state index in [-0.39, 0.29) is 5.91 Å². The summed E-state index contributed by atoms with van der Waals surface area (Å²) < 4.78 is 0. The summed E-state index contributed by atoms with van der Waals surface area (Å²) in [6.45, 7) is 1.57. The van der Waals surface area contributed by atoms with Crippen molar-refractivity contribution in [1.29, 1.82) is 0 Å². The van der Waals surface area contributed by atoms with Gasteiger partial charge >= 0.3 is 0 Å². The third kappa shape index (κ3) is 2.64. The van der Waals surface area contributed by atoms with Crippen LogP contribution in [0, 0.1) is 0 Å². The SMILES string of the molecule is O=C(CSc1nc2ccccc2[nH]1)N1CCc2sccc2C1. The van der Waals surface area contributed by atoms with Gasteiger partial charge in [-0.25, -0.2) is 4.98 Å². The molecule has 0 aliphatic carbocycles. The van der Waals surface area contributed by atoms with Crippen LogP contribution in [-0.2, 0) is 17.8 Å². The van der Waals surface area contributed by atoms with Crippen molar-refractivity contribution in [3.63, 3.8) is 0 Å². The van der Waals surface area contributed by atoms with E-state index in [4.69, 9.17) is 0 Å². The van der Waals surface area contributed by atoms with Gasteiger partial charge in [-0.3, -0.25) is 4.79 Å². The maximum absolute atomic E-state index is 12.4. The number of nitrogens with zero attached hydrogens (tertiary/aromatic N) is 2. The molecule has 1 N–H and O–H groups in total. The van der Waals surface area contributed by atoms with E-state index in [2.05, 4.69) is 21.4 Å². The van der Waals surface area contributed by atoms with Gasteiger partial charge in [0.05, 0.1) is 16.8 Å². The van der Waals surface area contributed by atoms with Gasteiger partial charge in [0, 0.05) is 18.0 Å². The number of carbonyl (C=O) groups is 1. The zero-order chi connectivity index (χ0) is 14.9. The van der Waals surface area contributed by atoms with Crippen LogP contribution in [-0.4, -0.2) is 33.1 Å². The van der Waals surface area contributed by atoms with Gasteiger partial charge in [-0.2, -0.15) is 0 Å². The molecule has 1 amide bonds. The normalized spacial score (nSPS) is 14.3. The van der Waals surface area contributed by atoms with E-state index in [0.29, 0.717) is 5.75 Å². The molecule has 0 saturated carbocycles. The first-order chi connectivity index (χ1) is 10.8. The number of aromatic nitrogens is 2. The lowest BCUT2D eigenvalue weighted by Crippen LogP contribution is -2.36. The van der Waals surface area contributed by atoms with Gasteiger partial charge in [-0.1, -0.05) is 23.9 Å². The minimum Gasteiger partial charge on any atom is -0.337 e. The number of benzene rings is 1. The molecule has 3 aromatic rings. The van der Waals surface area contributed by atoms with E-state index < -0.39 is 0 Å². The molecule has 0 bridgehead atoms. The average Bonchev–Trinajstić information content (AvgIpc) is 3.17. The van der Waals surface area contributed by atoms with Crippen LogP contribution in [0.5, 0.6) is 0 Å². The van der Waals surface area contributed by atoms with Crippen molar-refractivity contribution in [2.75, 3.05) is 12.3 Å². The summed E-state index contributed by atoms with van der Waals surface area (Å²) in [5, 5.41) is 2.92. The molecule has 1 aliphatic heterocycles. The Bertz CT molecular complexity index is 791. The number of thiophene rings is 1. The minimum absolute atomic E-state index is 0.183. The van der Waals surface area contributed by atoms with Gasteiger partial charge in [-0.05, 0) is 35.6 Å². The van der Waals surface area contributed by atoms with E-state index in [1.54, 1.807) is 11.3 Å². The first-order valence-corrected chi connectivity index (χ1v) is 9.07. The Kier molecular flexibility index (Phi) is 3.63. The Morgan fingerprint density at radius 2 is 2.27 bits per heavy atom. The van der Waals surface area contributed by atoms with Crippen LogP contribution in [0.2, 0.25) is 0 Å². The quantitative estimate of drug-likeness (QED) is 0.750. The fraction of sp³-hybridized carbons (Fsp3) is 0.250. The molecule has 0 unspecified atom stereocenters. The van der Waals surface area contributed by atoms with Crippen LogP contribution < -0.4 is 0 Å².